The molecule has 2 heteroatoms. The van der Waals surface area contributed by atoms with Crippen LogP contribution < -0.4 is 0 Å². The van der Waals surface area contributed by atoms with Gasteiger partial charge in [-0.25, -0.2) is 0 Å². The fourth-order valence-electron chi connectivity index (χ4n) is 4.18. The first kappa shape index (κ1) is 8.55. The summed E-state index contributed by atoms with van der Waals surface area (Å²) in [6.45, 7) is 4.76. The second kappa shape index (κ2) is 2.43. The number of rotatable bonds is 0. The third-order valence-electron chi connectivity index (χ3n) is 4.74. The van der Waals surface area contributed by atoms with Gasteiger partial charge in [0.1, 0.15) is 0 Å². The second-order valence-electron chi connectivity index (χ2n) is 5.42. The number of nitrogens with zero attached hydrogens (tertiary/aromatic N) is 1. The molecule has 0 aliphatic carbocycles. The van der Waals surface area contributed by atoms with Crippen molar-refractivity contribution in [2.45, 2.75) is 62.5 Å². The first-order valence-electron chi connectivity index (χ1n) is 5.55. The van der Waals surface area contributed by atoms with Crippen molar-refractivity contribution in [3.05, 3.63) is 0 Å². The Kier molecular flexibility index (Phi) is 1.60. The van der Waals surface area contributed by atoms with Crippen molar-refractivity contribution in [1.29, 1.82) is 0 Å². The molecule has 4 bridgehead atoms. The molecule has 0 amide bonds. The number of hydrogen-bond acceptors (Lipinski definition) is 1. The van der Waals surface area contributed by atoms with E-state index in [0.717, 1.165) is 18.0 Å². The van der Waals surface area contributed by atoms with Crippen LogP contribution in [0.15, 0.2) is 0 Å². The molecule has 0 spiro atoms. The molecule has 0 N–H and O–H groups in total. The lowest BCUT2D eigenvalue weighted by atomic mass is 9.87. The molecule has 0 aromatic carbocycles. The van der Waals surface area contributed by atoms with Crippen molar-refractivity contribution < 1.29 is 0 Å². The Morgan fingerprint density at radius 3 is 2.92 bits per heavy atom. The maximum Gasteiger partial charge on any atom is 0.0520 e. The lowest BCUT2D eigenvalue weighted by Crippen LogP contribution is -2.55. The predicted octanol–water partition coefficient (Wildman–Crippen LogP) is 2.63. The number of piperidine rings is 1. The summed E-state index contributed by atoms with van der Waals surface area (Å²) in [6.07, 6.45) is 5.38. The van der Waals surface area contributed by atoms with Crippen LogP contribution in [0.1, 0.15) is 39.5 Å². The summed E-state index contributed by atoms with van der Waals surface area (Å²) >= 11 is 6.50. The first-order valence-corrected chi connectivity index (χ1v) is 5.99. The zero-order valence-corrected chi connectivity index (χ0v) is 9.22. The quantitative estimate of drug-likeness (QED) is 0.543. The third kappa shape index (κ3) is 0.880. The largest absolute Gasteiger partial charge is 0.291 e. The summed E-state index contributed by atoms with van der Waals surface area (Å²) in [5.41, 5.74) is 0.332. The van der Waals surface area contributed by atoms with Crippen LogP contribution >= 0.6 is 11.6 Å². The minimum atomic E-state index is 0.332. The summed E-state index contributed by atoms with van der Waals surface area (Å²) in [5.74, 6) is 0.910. The molecule has 3 aliphatic heterocycles. The van der Waals surface area contributed by atoms with Gasteiger partial charge in [-0.3, -0.25) is 4.90 Å². The maximum atomic E-state index is 6.50. The van der Waals surface area contributed by atoms with Crippen LogP contribution in [0, 0.1) is 5.92 Å². The van der Waals surface area contributed by atoms with Crippen LogP contribution in [0.3, 0.4) is 0 Å². The average Bonchev–Trinajstić information content (AvgIpc) is 2.50. The van der Waals surface area contributed by atoms with Gasteiger partial charge in [0, 0.05) is 17.6 Å². The number of halogens is 1. The first-order chi connectivity index (χ1) is 6.13. The summed E-state index contributed by atoms with van der Waals surface area (Å²) in [4.78, 5) is 2.73. The molecule has 0 radical (unpaired) electrons. The van der Waals surface area contributed by atoms with E-state index in [1.165, 1.54) is 25.7 Å². The zero-order chi connectivity index (χ0) is 9.22. The van der Waals surface area contributed by atoms with Gasteiger partial charge in [-0.2, -0.15) is 0 Å². The SMILES string of the molecule is CC1CC2CC(Cl)C3(C)CCC2N13. The van der Waals surface area contributed by atoms with Crippen LogP contribution in [-0.2, 0) is 0 Å². The Morgan fingerprint density at radius 2 is 2.15 bits per heavy atom. The molecule has 3 fully saturated rings. The van der Waals surface area contributed by atoms with E-state index in [-0.39, 0.29) is 0 Å². The highest BCUT2D eigenvalue weighted by Gasteiger charge is 2.59. The molecular formula is C11H18ClN. The summed E-state index contributed by atoms with van der Waals surface area (Å²) < 4.78 is 0. The van der Waals surface area contributed by atoms with Gasteiger partial charge in [0.25, 0.3) is 0 Å². The second-order valence-corrected chi connectivity index (χ2v) is 5.95. The van der Waals surface area contributed by atoms with Crippen molar-refractivity contribution in [2.75, 3.05) is 0 Å². The van der Waals surface area contributed by atoms with Crippen molar-refractivity contribution in [2.24, 2.45) is 5.92 Å². The van der Waals surface area contributed by atoms with Gasteiger partial charge in [0.05, 0.1) is 5.38 Å². The molecule has 0 aromatic rings. The lowest BCUT2D eigenvalue weighted by Gasteiger charge is -2.45. The maximum absolute atomic E-state index is 6.50. The standard InChI is InChI=1S/C11H18ClN/c1-7-5-8-6-10(12)11(2)4-3-9(8)13(7)11/h7-10H,3-6H2,1-2H3. The minimum Gasteiger partial charge on any atom is -0.291 e. The van der Waals surface area contributed by atoms with Gasteiger partial charge in [-0.1, -0.05) is 0 Å². The number of alkyl halides is 1. The molecule has 3 rings (SSSR count). The molecule has 13 heavy (non-hydrogen) atoms. The van der Waals surface area contributed by atoms with Gasteiger partial charge < -0.3 is 0 Å². The van der Waals surface area contributed by atoms with Gasteiger partial charge in [-0.15, -0.1) is 11.6 Å². The lowest BCUT2D eigenvalue weighted by molar-refractivity contribution is 0.0714. The zero-order valence-electron chi connectivity index (χ0n) is 8.46. The smallest absolute Gasteiger partial charge is 0.0520 e. The van der Waals surface area contributed by atoms with Crippen molar-refractivity contribution in [1.82, 2.24) is 4.90 Å². The fourth-order valence-corrected chi connectivity index (χ4v) is 4.63. The fraction of sp³-hybridized carbons (Fsp3) is 1.00. The van der Waals surface area contributed by atoms with Crippen molar-refractivity contribution in [3.63, 3.8) is 0 Å². The summed E-state index contributed by atoms with van der Waals surface area (Å²) in [5, 5.41) is 0.404. The molecule has 3 aliphatic rings. The van der Waals surface area contributed by atoms with E-state index in [4.69, 9.17) is 11.6 Å². The van der Waals surface area contributed by atoms with E-state index in [1.807, 2.05) is 0 Å². The van der Waals surface area contributed by atoms with E-state index < -0.39 is 0 Å². The molecule has 3 saturated heterocycles. The molecule has 3 heterocycles. The molecular weight excluding hydrogens is 182 g/mol. The highest BCUT2D eigenvalue weighted by molar-refractivity contribution is 6.21. The van der Waals surface area contributed by atoms with Gasteiger partial charge in [0.15, 0.2) is 0 Å². The van der Waals surface area contributed by atoms with E-state index in [9.17, 15) is 0 Å². The van der Waals surface area contributed by atoms with E-state index in [1.54, 1.807) is 0 Å². The highest BCUT2D eigenvalue weighted by atomic mass is 35.5. The van der Waals surface area contributed by atoms with Crippen LogP contribution in [0.25, 0.3) is 0 Å². The Labute approximate surface area is 85.4 Å². The molecule has 74 valence electrons. The van der Waals surface area contributed by atoms with Gasteiger partial charge in [0.2, 0.25) is 0 Å². The summed E-state index contributed by atoms with van der Waals surface area (Å²) in [6, 6.07) is 1.67. The van der Waals surface area contributed by atoms with Crippen LogP contribution in [0.2, 0.25) is 0 Å². The van der Waals surface area contributed by atoms with Gasteiger partial charge in [-0.05, 0) is 45.4 Å². The van der Waals surface area contributed by atoms with Crippen LogP contribution in [-0.4, -0.2) is 27.9 Å². The summed E-state index contributed by atoms with van der Waals surface area (Å²) in [7, 11) is 0. The molecule has 1 nitrogen and oxygen atoms in total. The van der Waals surface area contributed by atoms with Gasteiger partial charge >= 0.3 is 0 Å². The monoisotopic (exact) mass is 199 g/mol. The average molecular weight is 200 g/mol. The van der Waals surface area contributed by atoms with Crippen LogP contribution in [0.4, 0.5) is 0 Å². The molecule has 6 atom stereocenters. The minimum absolute atomic E-state index is 0.332. The van der Waals surface area contributed by atoms with E-state index >= 15 is 0 Å². The topological polar surface area (TPSA) is 3.24 Å². The van der Waals surface area contributed by atoms with E-state index in [0.29, 0.717) is 10.9 Å². The van der Waals surface area contributed by atoms with Crippen molar-refractivity contribution >= 4 is 11.6 Å². The predicted molar refractivity (Wildman–Crippen MR) is 55.1 cm³/mol. The van der Waals surface area contributed by atoms with Crippen LogP contribution in [0.5, 0.6) is 0 Å². The number of hydrogen-bond donors (Lipinski definition) is 0. The molecule has 6 unspecified atom stereocenters. The Hall–Kier alpha value is 0.250. The Bertz CT molecular complexity index is 242. The third-order valence-corrected chi connectivity index (χ3v) is 5.39. The van der Waals surface area contributed by atoms with E-state index in [2.05, 4.69) is 18.7 Å². The highest BCUT2D eigenvalue weighted by Crippen LogP contribution is 2.55. The van der Waals surface area contributed by atoms with Crippen molar-refractivity contribution in [3.8, 4) is 0 Å². The molecule has 0 aromatic heterocycles. The Balaban J connectivity index is 2.04. The normalized spacial score (nSPS) is 64.4. The Morgan fingerprint density at radius 1 is 1.38 bits per heavy atom. The molecule has 0 saturated carbocycles.